The van der Waals surface area contributed by atoms with Gasteiger partial charge in [0.25, 0.3) is 5.91 Å². The Morgan fingerprint density at radius 3 is 2.37 bits per heavy atom. The molecule has 0 bridgehead atoms. The molecule has 1 aliphatic heterocycles. The van der Waals surface area contributed by atoms with Gasteiger partial charge in [0.1, 0.15) is 18.0 Å². The Balaban J connectivity index is 1.67. The molecule has 2 N–H and O–H groups in total. The minimum Gasteiger partial charge on any atom is -0.355 e. The predicted molar refractivity (Wildman–Crippen MR) is 157 cm³/mol. The maximum Gasteiger partial charge on any atom is 0.256 e. The molecule has 4 rings (SSSR count). The molecule has 0 aromatic heterocycles. The van der Waals surface area contributed by atoms with Crippen LogP contribution in [0.5, 0.6) is 0 Å². The SMILES string of the molecule is CC(=O)NCc1ccc(C2OC(CC(=O)NCc3ccccc3F)C(=O)N(CC(C)(C)C)c3ccc(Cl)cc32)cc1. The number of nitrogens with zero attached hydrogens (tertiary/aromatic N) is 1. The molecule has 0 fully saturated rings. The lowest BCUT2D eigenvalue weighted by Gasteiger charge is -2.31. The Labute approximate surface area is 245 Å². The van der Waals surface area contributed by atoms with Crippen LogP contribution in [0.15, 0.2) is 66.7 Å². The van der Waals surface area contributed by atoms with Gasteiger partial charge in [-0.15, -0.1) is 0 Å². The summed E-state index contributed by atoms with van der Waals surface area (Å²) in [5.74, 6) is -1.32. The molecule has 2 atom stereocenters. The highest BCUT2D eigenvalue weighted by Gasteiger charge is 2.39. The smallest absolute Gasteiger partial charge is 0.256 e. The van der Waals surface area contributed by atoms with E-state index in [4.69, 9.17) is 16.3 Å². The van der Waals surface area contributed by atoms with Crippen molar-refractivity contribution in [3.8, 4) is 0 Å². The summed E-state index contributed by atoms with van der Waals surface area (Å²) >= 11 is 6.44. The van der Waals surface area contributed by atoms with Crippen LogP contribution < -0.4 is 15.5 Å². The first-order valence-electron chi connectivity index (χ1n) is 13.5. The number of hydrogen-bond acceptors (Lipinski definition) is 4. The quantitative estimate of drug-likeness (QED) is 0.359. The molecule has 1 aliphatic rings. The van der Waals surface area contributed by atoms with E-state index in [1.807, 2.05) is 51.1 Å². The number of halogens is 2. The second kappa shape index (κ2) is 12.8. The molecule has 0 saturated heterocycles. The summed E-state index contributed by atoms with van der Waals surface area (Å²) < 4.78 is 20.6. The second-order valence-corrected chi connectivity index (χ2v) is 11.9. The molecule has 9 heteroatoms. The first kappa shape index (κ1) is 30.2. The van der Waals surface area contributed by atoms with Crippen LogP contribution in [0.2, 0.25) is 5.02 Å². The highest BCUT2D eigenvalue weighted by molar-refractivity contribution is 6.30. The van der Waals surface area contributed by atoms with Crippen LogP contribution in [0.3, 0.4) is 0 Å². The minimum absolute atomic E-state index is 0.00680. The highest BCUT2D eigenvalue weighted by Crippen LogP contribution is 2.41. The van der Waals surface area contributed by atoms with E-state index in [1.165, 1.54) is 13.0 Å². The number of rotatable bonds is 8. The number of benzene rings is 3. The van der Waals surface area contributed by atoms with E-state index in [1.54, 1.807) is 35.2 Å². The lowest BCUT2D eigenvalue weighted by Crippen LogP contribution is -2.45. The van der Waals surface area contributed by atoms with Gasteiger partial charge in [0.05, 0.1) is 6.42 Å². The van der Waals surface area contributed by atoms with Crippen molar-refractivity contribution in [3.05, 3.63) is 99.8 Å². The number of amides is 3. The highest BCUT2D eigenvalue weighted by atomic mass is 35.5. The van der Waals surface area contributed by atoms with Gasteiger partial charge in [-0.05, 0) is 40.8 Å². The molecule has 7 nitrogen and oxygen atoms in total. The molecule has 3 aromatic rings. The number of ether oxygens (including phenoxy) is 1. The number of nitrogens with one attached hydrogen (secondary N) is 2. The predicted octanol–water partition coefficient (Wildman–Crippen LogP) is 5.69. The van der Waals surface area contributed by atoms with E-state index < -0.39 is 23.9 Å². The average Bonchev–Trinajstić information content (AvgIpc) is 3.01. The van der Waals surface area contributed by atoms with Crippen LogP contribution in [0.25, 0.3) is 0 Å². The molecule has 41 heavy (non-hydrogen) atoms. The van der Waals surface area contributed by atoms with Gasteiger partial charge in [0.15, 0.2) is 0 Å². The molecule has 3 amide bonds. The normalized spacial score (nSPS) is 17.0. The molecule has 2 unspecified atom stereocenters. The van der Waals surface area contributed by atoms with Crippen molar-refractivity contribution in [1.29, 1.82) is 0 Å². The average molecular weight is 580 g/mol. The van der Waals surface area contributed by atoms with E-state index in [0.717, 1.165) is 11.1 Å². The fourth-order valence-corrected chi connectivity index (χ4v) is 4.89. The van der Waals surface area contributed by atoms with Gasteiger partial charge < -0.3 is 20.3 Å². The molecule has 0 radical (unpaired) electrons. The van der Waals surface area contributed by atoms with Gasteiger partial charge in [0, 0.05) is 48.4 Å². The number of carbonyl (C=O) groups is 3. The fourth-order valence-electron chi connectivity index (χ4n) is 4.71. The summed E-state index contributed by atoms with van der Waals surface area (Å²) in [6.45, 7) is 8.31. The van der Waals surface area contributed by atoms with E-state index >= 15 is 0 Å². The summed E-state index contributed by atoms with van der Waals surface area (Å²) in [6.07, 6.45) is -2.04. The Bertz CT molecular complexity index is 1420. The van der Waals surface area contributed by atoms with Crippen LogP contribution in [-0.2, 0) is 32.2 Å². The molecule has 0 saturated carbocycles. The van der Waals surface area contributed by atoms with Gasteiger partial charge in [-0.2, -0.15) is 0 Å². The van der Waals surface area contributed by atoms with Crippen molar-refractivity contribution in [2.75, 3.05) is 11.4 Å². The first-order chi connectivity index (χ1) is 19.4. The van der Waals surface area contributed by atoms with Crippen LogP contribution in [-0.4, -0.2) is 30.4 Å². The summed E-state index contributed by atoms with van der Waals surface area (Å²) in [5, 5.41) is 5.99. The second-order valence-electron chi connectivity index (χ2n) is 11.4. The fraction of sp³-hybridized carbons (Fsp3) is 0.344. The molecular weight excluding hydrogens is 545 g/mol. The van der Waals surface area contributed by atoms with E-state index in [0.29, 0.717) is 34.9 Å². The zero-order chi connectivity index (χ0) is 29.7. The summed E-state index contributed by atoms with van der Waals surface area (Å²) in [4.78, 5) is 40.1. The van der Waals surface area contributed by atoms with Crippen molar-refractivity contribution in [1.82, 2.24) is 10.6 Å². The Kier molecular flexibility index (Phi) is 9.46. The molecule has 0 aliphatic carbocycles. The lowest BCUT2D eigenvalue weighted by molar-refractivity contribution is -0.138. The summed E-state index contributed by atoms with van der Waals surface area (Å²) in [5.41, 5.74) is 3.13. The van der Waals surface area contributed by atoms with E-state index in [9.17, 15) is 18.8 Å². The number of hydrogen-bond donors (Lipinski definition) is 2. The van der Waals surface area contributed by atoms with Crippen LogP contribution in [0, 0.1) is 11.2 Å². The van der Waals surface area contributed by atoms with Crippen molar-refractivity contribution in [2.24, 2.45) is 5.41 Å². The van der Waals surface area contributed by atoms with E-state index in [-0.39, 0.29) is 30.2 Å². The van der Waals surface area contributed by atoms with Crippen LogP contribution in [0.4, 0.5) is 10.1 Å². The van der Waals surface area contributed by atoms with Crippen molar-refractivity contribution in [2.45, 2.75) is 59.4 Å². The third kappa shape index (κ3) is 7.93. The number of anilines is 1. The Morgan fingerprint density at radius 2 is 1.71 bits per heavy atom. The molecule has 216 valence electrons. The van der Waals surface area contributed by atoms with Crippen molar-refractivity contribution in [3.63, 3.8) is 0 Å². The Hall–Kier alpha value is -3.75. The van der Waals surface area contributed by atoms with Crippen molar-refractivity contribution < 1.29 is 23.5 Å². The number of fused-ring (bicyclic) bond motifs is 1. The maximum atomic E-state index is 14.1. The van der Waals surface area contributed by atoms with Gasteiger partial charge in [0.2, 0.25) is 11.8 Å². The zero-order valence-corrected chi connectivity index (χ0v) is 24.4. The summed E-state index contributed by atoms with van der Waals surface area (Å²) in [6, 6.07) is 19.1. The lowest BCUT2D eigenvalue weighted by atomic mass is 9.94. The molecule has 3 aromatic carbocycles. The Morgan fingerprint density at radius 1 is 1.00 bits per heavy atom. The monoisotopic (exact) mass is 579 g/mol. The van der Waals surface area contributed by atoms with Gasteiger partial charge >= 0.3 is 0 Å². The standard InChI is InChI=1S/C32H35ClFN3O4/c1-20(38)35-17-21-9-11-22(12-10-21)30-25-15-24(33)13-14-27(25)37(19-32(2,3)4)31(40)28(41-30)16-29(39)36-18-23-7-5-6-8-26(23)34/h5-15,28,30H,16-19H2,1-4H3,(H,35,38)(H,36,39). The zero-order valence-electron chi connectivity index (χ0n) is 23.7. The largest absolute Gasteiger partial charge is 0.355 e. The number of carbonyl (C=O) groups excluding carboxylic acids is 3. The van der Waals surface area contributed by atoms with E-state index in [2.05, 4.69) is 10.6 Å². The first-order valence-corrected chi connectivity index (χ1v) is 13.9. The van der Waals surface area contributed by atoms with Gasteiger partial charge in [-0.3, -0.25) is 14.4 Å². The van der Waals surface area contributed by atoms with Gasteiger partial charge in [-0.25, -0.2) is 4.39 Å². The molecule has 0 spiro atoms. The summed E-state index contributed by atoms with van der Waals surface area (Å²) in [7, 11) is 0. The third-order valence-corrected chi connectivity index (χ3v) is 6.90. The topological polar surface area (TPSA) is 87.7 Å². The van der Waals surface area contributed by atoms with Crippen LogP contribution in [0.1, 0.15) is 62.5 Å². The maximum absolute atomic E-state index is 14.1. The molecule has 1 heterocycles. The van der Waals surface area contributed by atoms with Crippen LogP contribution >= 0.6 is 11.6 Å². The third-order valence-electron chi connectivity index (χ3n) is 6.67. The minimum atomic E-state index is -1.10. The molecular formula is C32H35ClFN3O4. The van der Waals surface area contributed by atoms with Gasteiger partial charge in [-0.1, -0.05) is 74.8 Å². The van der Waals surface area contributed by atoms with Crippen molar-refractivity contribution >= 4 is 35.0 Å².